The van der Waals surface area contributed by atoms with Gasteiger partial charge in [0.2, 0.25) is 0 Å². The molecule has 1 aliphatic carbocycles. The topological polar surface area (TPSA) is 58.6 Å². The van der Waals surface area contributed by atoms with Crippen molar-refractivity contribution >= 4 is 17.2 Å². The minimum Gasteiger partial charge on any atom is -0.497 e. The number of methoxy groups -OCH3 is 1. The van der Waals surface area contributed by atoms with E-state index in [1.165, 1.54) is 11.3 Å². The van der Waals surface area contributed by atoms with E-state index in [4.69, 9.17) is 4.74 Å². The number of thiophene rings is 1. The molecule has 4 nitrogen and oxygen atoms in total. The van der Waals surface area contributed by atoms with Crippen LogP contribution in [0.1, 0.15) is 39.2 Å². The van der Waals surface area contributed by atoms with Gasteiger partial charge in [-0.2, -0.15) is 0 Å². The molecule has 1 heterocycles. The first kappa shape index (κ1) is 16.0. The number of carbonyl (C=O) groups excluding carboxylic acids is 1. The summed E-state index contributed by atoms with van der Waals surface area (Å²) in [7, 11) is 1.64. The number of amides is 1. The second-order valence-electron chi connectivity index (χ2n) is 6.08. The number of aryl methyl sites for hydroxylation is 2. The zero-order valence-electron chi connectivity index (χ0n) is 13.4. The fraction of sp³-hybridized carbons (Fsp3) is 0.389. The molecular formula is C18H21NO3S. The minimum absolute atomic E-state index is 0.128. The van der Waals surface area contributed by atoms with Gasteiger partial charge in [0.05, 0.1) is 18.5 Å². The van der Waals surface area contributed by atoms with Crippen LogP contribution in [0.4, 0.5) is 0 Å². The number of hydrogen-bond donors (Lipinski definition) is 2. The number of ether oxygens (including phenoxy) is 1. The summed E-state index contributed by atoms with van der Waals surface area (Å²) in [6.07, 6.45) is 2.47. The summed E-state index contributed by atoms with van der Waals surface area (Å²) < 4.78 is 5.26. The minimum atomic E-state index is -1.01. The van der Waals surface area contributed by atoms with Crippen molar-refractivity contribution in [3.8, 4) is 5.75 Å². The van der Waals surface area contributed by atoms with E-state index >= 15 is 0 Å². The Morgan fingerprint density at radius 2 is 2.26 bits per heavy atom. The van der Waals surface area contributed by atoms with Crippen LogP contribution in [-0.2, 0) is 12.0 Å². The first-order valence-corrected chi connectivity index (χ1v) is 8.63. The van der Waals surface area contributed by atoms with Gasteiger partial charge in [0.15, 0.2) is 0 Å². The van der Waals surface area contributed by atoms with E-state index in [0.717, 1.165) is 35.3 Å². The quantitative estimate of drug-likeness (QED) is 0.905. The van der Waals surface area contributed by atoms with Crippen molar-refractivity contribution in [3.05, 3.63) is 51.2 Å². The summed E-state index contributed by atoms with van der Waals surface area (Å²) in [6, 6.07) is 7.61. The standard InChI is InChI=1S/C18H21NO3S/c1-12-8-16(23-10-12)17(20)19-11-18(21)7-3-4-13-9-14(22-2)5-6-15(13)18/h5-6,8-10,21H,3-4,7,11H2,1-2H3,(H,19,20). The Morgan fingerprint density at radius 1 is 1.43 bits per heavy atom. The molecule has 1 aromatic carbocycles. The summed E-state index contributed by atoms with van der Waals surface area (Å²) in [5.41, 5.74) is 2.06. The van der Waals surface area contributed by atoms with Gasteiger partial charge in [-0.15, -0.1) is 11.3 Å². The fourth-order valence-corrected chi connectivity index (χ4v) is 3.93. The molecule has 0 saturated heterocycles. The Labute approximate surface area is 140 Å². The maximum atomic E-state index is 12.2. The predicted octanol–water partition coefficient (Wildman–Crippen LogP) is 3.02. The van der Waals surface area contributed by atoms with Gasteiger partial charge >= 0.3 is 0 Å². The van der Waals surface area contributed by atoms with E-state index in [0.29, 0.717) is 11.3 Å². The van der Waals surface area contributed by atoms with Crippen molar-refractivity contribution in [2.45, 2.75) is 31.8 Å². The third-order valence-corrected chi connectivity index (χ3v) is 5.39. The Hall–Kier alpha value is -1.85. The molecule has 0 bridgehead atoms. The van der Waals surface area contributed by atoms with Crippen LogP contribution in [0.3, 0.4) is 0 Å². The zero-order chi connectivity index (χ0) is 16.4. The third kappa shape index (κ3) is 3.26. The van der Waals surface area contributed by atoms with Crippen molar-refractivity contribution in [2.24, 2.45) is 0 Å². The second kappa shape index (κ2) is 6.34. The normalized spacial score (nSPS) is 20.0. The number of rotatable bonds is 4. The van der Waals surface area contributed by atoms with Crippen LogP contribution >= 0.6 is 11.3 Å². The molecule has 0 spiro atoms. The maximum absolute atomic E-state index is 12.2. The Kier molecular flexibility index (Phi) is 4.41. The SMILES string of the molecule is COc1ccc2c(c1)CCCC2(O)CNC(=O)c1cc(C)cs1. The average Bonchev–Trinajstić information content (AvgIpc) is 2.99. The van der Waals surface area contributed by atoms with Gasteiger partial charge in [0.25, 0.3) is 5.91 Å². The van der Waals surface area contributed by atoms with Gasteiger partial charge in [-0.25, -0.2) is 0 Å². The largest absolute Gasteiger partial charge is 0.497 e. The van der Waals surface area contributed by atoms with Gasteiger partial charge in [-0.05, 0) is 66.5 Å². The Morgan fingerprint density at radius 3 is 2.96 bits per heavy atom. The molecule has 5 heteroatoms. The van der Waals surface area contributed by atoms with Gasteiger partial charge in [0, 0.05) is 0 Å². The molecule has 23 heavy (non-hydrogen) atoms. The first-order chi connectivity index (χ1) is 11.0. The predicted molar refractivity (Wildman–Crippen MR) is 91.2 cm³/mol. The number of aliphatic hydroxyl groups is 1. The van der Waals surface area contributed by atoms with Crippen LogP contribution in [0.15, 0.2) is 29.6 Å². The summed E-state index contributed by atoms with van der Waals surface area (Å²) in [4.78, 5) is 12.9. The number of benzene rings is 1. The Bertz CT molecular complexity index is 725. The monoisotopic (exact) mass is 331 g/mol. The number of nitrogens with one attached hydrogen (secondary N) is 1. The molecule has 0 saturated carbocycles. The van der Waals surface area contributed by atoms with Crippen LogP contribution in [0.2, 0.25) is 0 Å². The number of hydrogen-bond acceptors (Lipinski definition) is 4. The molecule has 1 atom stereocenters. The first-order valence-electron chi connectivity index (χ1n) is 7.75. The zero-order valence-corrected chi connectivity index (χ0v) is 14.2. The smallest absolute Gasteiger partial charge is 0.261 e. The molecule has 0 aliphatic heterocycles. The highest BCUT2D eigenvalue weighted by atomic mass is 32.1. The summed E-state index contributed by atoms with van der Waals surface area (Å²) in [5, 5.41) is 15.9. The van der Waals surface area contributed by atoms with Crippen LogP contribution in [0.5, 0.6) is 5.75 Å². The molecule has 2 N–H and O–H groups in total. The summed E-state index contributed by atoms with van der Waals surface area (Å²) >= 11 is 1.42. The summed E-state index contributed by atoms with van der Waals surface area (Å²) in [6.45, 7) is 2.19. The molecule has 122 valence electrons. The molecular weight excluding hydrogens is 310 g/mol. The molecule has 1 aromatic heterocycles. The van der Waals surface area contributed by atoms with Crippen molar-refractivity contribution in [2.75, 3.05) is 13.7 Å². The van der Waals surface area contributed by atoms with E-state index < -0.39 is 5.60 Å². The van der Waals surface area contributed by atoms with Crippen molar-refractivity contribution < 1.29 is 14.6 Å². The highest BCUT2D eigenvalue weighted by Crippen LogP contribution is 2.36. The lowest BCUT2D eigenvalue weighted by Crippen LogP contribution is -2.42. The van der Waals surface area contributed by atoms with Crippen molar-refractivity contribution in [1.29, 1.82) is 0 Å². The van der Waals surface area contributed by atoms with Crippen LogP contribution in [0, 0.1) is 6.92 Å². The van der Waals surface area contributed by atoms with Crippen molar-refractivity contribution in [1.82, 2.24) is 5.32 Å². The van der Waals surface area contributed by atoms with Gasteiger partial charge < -0.3 is 15.2 Å². The molecule has 3 rings (SSSR count). The molecule has 0 fully saturated rings. The number of fused-ring (bicyclic) bond motifs is 1. The highest BCUT2D eigenvalue weighted by molar-refractivity contribution is 7.12. The molecule has 0 radical (unpaired) electrons. The van der Waals surface area contributed by atoms with Crippen LogP contribution in [0.25, 0.3) is 0 Å². The molecule has 2 aromatic rings. The van der Waals surface area contributed by atoms with Gasteiger partial charge in [0.1, 0.15) is 11.4 Å². The van der Waals surface area contributed by atoms with E-state index in [-0.39, 0.29) is 12.5 Å². The lowest BCUT2D eigenvalue weighted by molar-refractivity contribution is 0.0189. The molecule has 1 unspecified atom stereocenters. The molecule has 1 aliphatic rings. The van der Waals surface area contributed by atoms with Gasteiger partial charge in [-0.1, -0.05) is 6.07 Å². The maximum Gasteiger partial charge on any atom is 0.261 e. The summed E-state index contributed by atoms with van der Waals surface area (Å²) in [5.74, 6) is 0.670. The number of carbonyl (C=O) groups is 1. The van der Waals surface area contributed by atoms with E-state index in [1.807, 2.05) is 36.6 Å². The molecule has 1 amide bonds. The van der Waals surface area contributed by atoms with E-state index in [2.05, 4.69) is 5.32 Å². The average molecular weight is 331 g/mol. The second-order valence-corrected chi connectivity index (χ2v) is 6.99. The third-order valence-electron chi connectivity index (χ3n) is 4.35. The van der Waals surface area contributed by atoms with Gasteiger partial charge in [-0.3, -0.25) is 4.79 Å². The van der Waals surface area contributed by atoms with Crippen LogP contribution in [-0.4, -0.2) is 24.7 Å². The van der Waals surface area contributed by atoms with Crippen molar-refractivity contribution in [3.63, 3.8) is 0 Å². The van der Waals surface area contributed by atoms with Crippen LogP contribution < -0.4 is 10.1 Å². The van der Waals surface area contributed by atoms with E-state index in [1.54, 1.807) is 7.11 Å². The Balaban J connectivity index is 1.76. The highest BCUT2D eigenvalue weighted by Gasteiger charge is 2.35. The lowest BCUT2D eigenvalue weighted by Gasteiger charge is -2.34. The van der Waals surface area contributed by atoms with E-state index in [9.17, 15) is 9.90 Å². The lowest BCUT2D eigenvalue weighted by atomic mass is 9.79. The fourth-order valence-electron chi connectivity index (χ4n) is 3.11.